The van der Waals surface area contributed by atoms with Gasteiger partial charge in [0.15, 0.2) is 5.82 Å². The lowest BCUT2D eigenvalue weighted by Crippen LogP contribution is -2.10. The fourth-order valence-electron chi connectivity index (χ4n) is 0.967. The topological polar surface area (TPSA) is 105 Å². The Morgan fingerprint density at radius 1 is 1.64 bits per heavy atom. The Bertz CT molecular complexity index is 353. The summed E-state index contributed by atoms with van der Waals surface area (Å²) in [6.45, 7) is 0.475. The number of tetrazole rings is 1. The molecule has 0 saturated heterocycles. The van der Waals surface area contributed by atoms with Crippen LogP contribution >= 0.6 is 0 Å². The number of nitriles is 1. The number of carboxylic acids is 1. The van der Waals surface area contributed by atoms with Gasteiger partial charge in [0.2, 0.25) is 0 Å². The van der Waals surface area contributed by atoms with Crippen LogP contribution in [0.15, 0.2) is 0 Å². The molecule has 1 heterocycles. The molecule has 1 aromatic heterocycles. The van der Waals surface area contributed by atoms with Gasteiger partial charge in [-0.05, 0) is 16.8 Å². The van der Waals surface area contributed by atoms with Gasteiger partial charge < -0.3 is 5.11 Å². The molecule has 1 N–H and O–H groups in total. The summed E-state index contributed by atoms with van der Waals surface area (Å²) in [5.74, 6) is -0.656. The highest BCUT2D eigenvalue weighted by Gasteiger charge is 2.09. The molecule has 0 spiro atoms. The Morgan fingerprint density at radius 2 is 2.43 bits per heavy atom. The first-order valence-electron chi connectivity index (χ1n) is 4.08. The van der Waals surface area contributed by atoms with Crippen molar-refractivity contribution in [3.8, 4) is 6.07 Å². The zero-order valence-electron chi connectivity index (χ0n) is 7.42. The Hall–Kier alpha value is -1.97. The summed E-state index contributed by atoms with van der Waals surface area (Å²) in [6, 6.07) is 1.99. The van der Waals surface area contributed by atoms with E-state index in [1.807, 2.05) is 6.07 Å². The summed E-state index contributed by atoms with van der Waals surface area (Å²) < 4.78 is 1.41. The van der Waals surface area contributed by atoms with Gasteiger partial charge in [-0.2, -0.15) is 5.26 Å². The Balaban J connectivity index is 2.54. The lowest BCUT2D eigenvalue weighted by atomic mass is 10.3. The molecule has 7 nitrogen and oxygen atoms in total. The second kappa shape index (κ2) is 4.91. The van der Waals surface area contributed by atoms with Gasteiger partial charge in [0.25, 0.3) is 0 Å². The molecule has 0 radical (unpaired) electrons. The standard InChI is InChI=1S/C7H9N5O2/c8-3-1-2-4-12-6(5-7(13)14)9-10-11-12/h1-2,4-5H2,(H,13,14). The Kier molecular flexibility index (Phi) is 3.55. The molecule has 0 aliphatic carbocycles. The number of carbonyl (C=O) groups is 1. The highest BCUT2D eigenvalue weighted by molar-refractivity contribution is 5.68. The second-order valence-corrected chi connectivity index (χ2v) is 2.65. The van der Waals surface area contributed by atoms with Crippen molar-refractivity contribution >= 4 is 5.97 Å². The summed E-state index contributed by atoms with van der Waals surface area (Å²) in [6.07, 6.45) is 0.833. The van der Waals surface area contributed by atoms with Gasteiger partial charge in [0.1, 0.15) is 6.42 Å². The smallest absolute Gasteiger partial charge is 0.311 e. The maximum atomic E-state index is 10.4. The number of hydrogen-bond donors (Lipinski definition) is 1. The summed E-state index contributed by atoms with van der Waals surface area (Å²) in [7, 11) is 0. The monoisotopic (exact) mass is 195 g/mol. The molecular formula is C7H9N5O2. The number of rotatable bonds is 5. The van der Waals surface area contributed by atoms with Crippen LogP contribution in [0, 0.1) is 11.3 Å². The van der Waals surface area contributed by atoms with Gasteiger partial charge >= 0.3 is 5.97 Å². The molecule has 7 heteroatoms. The number of carboxylic acid groups (broad SMARTS) is 1. The molecule has 0 bridgehead atoms. The molecule has 0 fully saturated rings. The molecule has 0 aliphatic rings. The fourth-order valence-corrected chi connectivity index (χ4v) is 0.967. The number of aliphatic carboxylic acids is 1. The molecule has 1 rings (SSSR count). The number of aromatic nitrogens is 4. The first kappa shape index (κ1) is 10.1. The van der Waals surface area contributed by atoms with Crippen LogP contribution in [0.1, 0.15) is 18.7 Å². The van der Waals surface area contributed by atoms with Gasteiger partial charge in [0.05, 0.1) is 6.07 Å². The maximum absolute atomic E-state index is 10.4. The molecule has 0 aromatic carbocycles. The molecule has 74 valence electrons. The Labute approximate surface area is 80.0 Å². The third-order valence-electron chi connectivity index (χ3n) is 1.57. The molecule has 0 amide bonds. The molecule has 1 aromatic rings. The zero-order valence-corrected chi connectivity index (χ0v) is 7.42. The fraction of sp³-hybridized carbons (Fsp3) is 0.571. The largest absolute Gasteiger partial charge is 0.481 e. The van der Waals surface area contributed by atoms with E-state index in [4.69, 9.17) is 10.4 Å². The number of nitrogens with zero attached hydrogens (tertiary/aromatic N) is 5. The minimum atomic E-state index is -0.971. The van der Waals surface area contributed by atoms with Crippen molar-refractivity contribution < 1.29 is 9.90 Å². The van der Waals surface area contributed by atoms with Gasteiger partial charge in [-0.3, -0.25) is 4.79 Å². The van der Waals surface area contributed by atoms with Crippen LogP contribution in [0.25, 0.3) is 0 Å². The van der Waals surface area contributed by atoms with E-state index in [-0.39, 0.29) is 6.42 Å². The Morgan fingerprint density at radius 3 is 3.07 bits per heavy atom. The first-order valence-corrected chi connectivity index (χ1v) is 4.08. The maximum Gasteiger partial charge on any atom is 0.311 e. The quantitative estimate of drug-likeness (QED) is 0.641. The lowest BCUT2D eigenvalue weighted by molar-refractivity contribution is -0.136. The van der Waals surface area contributed by atoms with Crippen LogP contribution in [0.2, 0.25) is 0 Å². The summed E-state index contributed by atoms with van der Waals surface area (Å²) in [5.41, 5.74) is 0. The van der Waals surface area contributed by atoms with E-state index in [1.54, 1.807) is 0 Å². The van der Waals surface area contributed by atoms with Crippen LogP contribution in [0.5, 0.6) is 0 Å². The zero-order chi connectivity index (χ0) is 10.4. The minimum absolute atomic E-state index is 0.195. The third kappa shape index (κ3) is 2.82. The van der Waals surface area contributed by atoms with Crippen LogP contribution in [-0.2, 0) is 17.8 Å². The molecule has 14 heavy (non-hydrogen) atoms. The highest BCUT2D eigenvalue weighted by atomic mass is 16.4. The molecule has 0 aliphatic heterocycles. The predicted molar refractivity (Wildman–Crippen MR) is 44.0 cm³/mol. The SMILES string of the molecule is N#CCCCn1nnnc1CC(=O)O. The van der Waals surface area contributed by atoms with E-state index in [1.165, 1.54) is 4.68 Å². The van der Waals surface area contributed by atoms with Crippen molar-refractivity contribution in [2.45, 2.75) is 25.8 Å². The molecular weight excluding hydrogens is 186 g/mol. The average Bonchev–Trinajstić information content (AvgIpc) is 2.52. The average molecular weight is 195 g/mol. The first-order chi connectivity index (χ1) is 6.74. The predicted octanol–water partition coefficient (Wildman–Crippen LogP) is -0.396. The van der Waals surface area contributed by atoms with Crippen molar-refractivity contribution in [2.24, 2.45) is 0 Å². The van der Waals surface area contributed by atoms with Gasteiger partial charge in [-0.1, -0.05) is 0 Å². The van der Waals surface area contributed by atoms with E-state index in [0.717, 1.165) is 0 Å². The van der Waals surface area contributed by atoms with Gasteiger partial charge in [-0.25, -0.2) is 4.68 Å². The molecule has 0 saturated carbocycles. The van der Waals surface area contributed by atoms with E-state index >= 15 is 0 Å². The van der Waals surface area contributed by atoms with Crippen LogP contribution in [0.4, 0.5) is 0 Å². The van der Waals surface area contributed by atoms with Gasteiger partial charge in [-0.15, -0.1) is 5.10 Å². The summed E-state index contributed by atoms with van der Waals surface area (Å²) >= 11 is 0. The van der Waals surface area contributed by atoms with Crippen molar-refractivity contribution in [3.05, 3.63) is 5.82 Å². The van der Waals surface area contributed by atoms with Crippen LogP contribution in [0.3, 0.4) is 0 Å². The van der Waals surface area contributed by atoms with Crippen molar-refractivity contribution in [3.63, 3.8) is 0 Å². The molecule has 0 unspecified atom stereocenters. The van der Waals surface area contributed by atoms with Crippen LogP contribution in [-0.4, -0.2) is 31.3 Å². The van der Waals surface area contributed by atoms with Crippen molar-refractivity contribution in [1.29, 1.82) is 5.26 Å². The normalized spacial score (nSPS) is 9.64. The second-order valence-electron chi connectivity index (χ2n) is 2.65. The van der Waals surface area contributed by atoms with E-state index < -0.39 is 5.97 Å². The number of aryl methyl sites for hydroxylation is 1. The third-order valence-corrected chi connectivity index (χ3v) is 1.57. The van der Waals surface area contributed by atoms with Crippen LogP contribution < -0.4 is 0 Å². The number of unbranched alkanes of at least 4 members (excludes halogenated alkanes) is 1. The summed E-state index contributed by atoms with van der Waals surface area (Å²) in [4.78, 5) is 10.4. The van der Waals surface area contributed by atoms with E-state index in [0.29, 0.717) is 25.2 Å². The van der Waals surface area contributed by atoms with E-state index in [2.05, 4.69) is 15.5 Å². The molecule has 0 atom stereocenters. The van der Waals surface area contributed by atoms with Gasteiger partial charge in [0, 0.05) is 13.0 Å². The minimum Gasteiger partial charge on any atom is -0.481 e. The van der Waals surface area contributed by atoms with Crippen molar-refractivity contribution in [1.82, 2.24) is 20.2 Å². The van der Waals surface area contributed by atoms with Crippen molar-refractivity contribution in [2.75, 3.05) is 0 Å². The van der Waals surface area contributed by atoms with E-state index in [9.17, 15) is 4.79 Å². The number of hydrogen-bond acceptors (Lipinski definition) is 5. The lowest BCUT2D eigenvalue weighted by Gasteiger charge is -1.99. The highest BCUT2D eigenvalue weighted by Crippen LogP contribution is 1.97. The summed E-state index contributed by atoms with van der Waals surface area (Å²) in [5, 5.41) is 27.4.